The van der Waals surface area contributed by atoms with E-state index in [0.29, 0.717) is 5.69 Å². The van der Waals surface area contributed by atoms with Crippen LogP contribution in [0.5, 0.6) is 0 Å². The number of amides is 1. The van der Waals surface area contributed by atoms with Crippen molar-refractivity contribution >= 4 is 11.8 Å². The molecule has 0 saturated heterocycles. The average molecular weight is 225 g/mol. The molecule has 0 saturated carbocycles. The van der Waals surface area contributed by atoms with Gasteiger partial charge in [-0.25, -0.2) is 14.1 Å². The lowest BCUT2D eigenvalue weighted by molar-refractivity contribution is 0.0566. The van der Waals surface area contributed by atoms with Crippen molar-refractivity contribution in [3.8, 4) is 0 Å². The summed E-state index contributed by atoms with van der Waals surface area (Å²) in [5, 5.41) is 0. The fourth-order valence-corrected chi connectivity index (χ4v) is 1.15. The Morgan fingerprint density at radius 2 is 1.88 bits per heavy atom. The van der Waals surface area contributed by atoms with E-state index in [1.165, 1.54) is 0 Å². The largest absolute Gasteiger partial charge is 0.443 e. The third kappa shape index (κ3) is 3.53. The molecule has 4 heteroatoms. The molecule has 0 radical (unpaired) electrons. The number of nitrogens with zero attached hydrogens (tertiary/aromatic N) is 1. The molecular formula is C12H16FNO2. The molecule has 0 unspecified atom stereocenters. The Balaban J connectivity index is 2.80. The molecule has 1 rings (SSSR count). The van der Waals surface area contributed by atoms with E-state index in [9.17, 15) is 9.18 Å². The number of ether oxygens (including phenoxy) is 1. The predicted octanol–water partition coefficient (Wildman–Crippen LogP) is 3.36. The van der Waals surface area contributed by atoms with Gasteiger partial charge in [-0.15, -0.1) is 0 Å². The summed E-state index contributed by atoms with van der Waals surface area (Å²) < 4.78 is 17.9. The van der Waals surface area contributed by atoms with Crippen molar-refractivity contribution in [3.63, 3.8) is 0 Å². The lowest BCUT2D eigenvalue weighted by atomic mass is 10.2. The standard InChI is InChI=1S/C12H16FNO2/c1-12(2,3)16-11(15)14(9-13)10-7-5-4-6-8-10/h4-8H,9H2,1-3H3. The van der Waals surface area contributed by atoms with Crippen LogP contribution in [0.3, 0.4) is 0 Å². The third-order valence-electron chi connectivity index (χ3n) is 1.80. The minimum atomic E-state index is -0.904. The first-order valence-corrected chi connectivity index (χ1v) is 5.05. The number of carbonyl (C=O) groups is 1. The number of anilines is 1. The third-order valence-corrected chi connectivity index (χ3v) is 1.80. The monoisotopic (exact) mass is 225 g/mol. The van der Waals surface area contributed by atoms with Gasteiger partial charge in [0.2, 0.25) is 0 Å². The number of para-hydroxylation sites is 1. The van der Waals surface area contributed by atoms with Gasteiger partial charge in [-0.3, -0.25) is 0 Å². The number of rotatable bonds is 2. The minimum absolute atomic E-state index is 0.485. The Kier molecular flexibility index (Phi) is 3.88. The number of hydrogen-bond donors (Lipinski definition) is 0. The number of alkyl halides is 1. The maximum atomic E-state index is 12.8. The van der Waals surface area contributed by atoms with Crippen molar-refractivity contribution in [1.82, 2.24) is 0 Å². The van der Waals surface area contributed by atoms with Gasteiger partial charge < -0.3 is 4.74 Å². The molecule has 0 bridgehead atoms. The van der Waals surface area contributed by atoms with E-state index in [0.717, 1.165) is 4.90 Å². The van der Waals surface area contributed by atoms with E-state index in [4.69, 9.17) is 4.74 Å². The van der Waals surface area contributed by atoms with Crippen LogP contribution in [0.25, 0.3) is 0 Å². The van der Waals surface area contributed by atoms with Crippen molar-refractivity contribution in [1.29, 1.82) is 0 Å². The van der Waals surface area contributed by atoms with Crippen LogP contribution in [0, 0.1) is 0 Å². The van der Waals surface area contributed by atoms with E-state index >= 15 is 0 Å². The Morgan fingerprint density at radius 3 is 2.31 bits per heavy atom. The van der Waals surface area contributed by atoms with Gasteiger partial charge in [0.05, 0.1) is 0 Å². The molecule has 0 heterocycles. The second-order valence-electron chi connectivity index (χ2n) is 4.36. The van der Waals surface area contributed by atoms with Crippen LogP contribution >= 0.6 is 0 Å². The van der Waals surface area contributed by atoms with Crippen LogP contribution < -0.4 is 4.90 Å². The van der Waals surface area contributed by atoms with Gasteiger partial charge in [0, 0.05) is 5.69 Å². The van der Waals surface area contributed by atoms with Gasteiger partial charge in [-0.05, 0) is 32.9 Å². The summed E-state index contributed by atoms with van der Waals surface area (Å²) in [7, 11) is 0. The van der Waals surface area contributed by atoms with Crippen molar-refractivity contribution in [3.05, 3.63) is 30.3 Å². The van der Waals surface area contributed by atoms with Gasteiger partial charge in [0.1, 0.15) is 5.60 Å². The smallest absolute Gasteiger partial charge is 0.416 e. The van der Waals surface area contributed by atoms with Gasteiger partial charge in [0.15, 0.2) is 6.80 Å². The normalized spacial score (nSPS) is 11.0. The lowest BCUT2D eigenvalue weighted by Crippen LogP contribution is -2.36. The Bertz CT molecular complexity index is 346. The minimum Gasteiger partial charge on any atom is -0.443 e. The van der Waals surface area contributed by atoms with Crippen LogP contribution in [-0.2, 0) is 4.74 Å². The second-order valence-corrected chi connectivity index (χ2v) is 4.36. The highest BCUT2D eigenvalue weighted by Gasteiger charge is 2.22. The Hall–Kier alpha value is -1.58. The molecule has 0 spiro atoms. The molecule has 0 fully saturated rings. The van der Waals surface area contributed by atoms with E-state index in [1.807, 2.05) is 0 Å². The first kappa shape index (κ1) is 12.5. The summed E-state index contributed by atoms with van der Waals surface area (Å²) in [6, 6.07) is 8.59. The van der Waals surface area contributed by atoms with Crippen LogP contribution in [-0.4, -0.2) is 18.5 Å². The highest BCUT2D eigenvalue weighted by molar-refractivity contribution is 5.87. The molecule has 0 aliphatic carbocycles. The molecule has 0 N–H and O–H groups in total. The molecule has 88 valence electrons. The molecule has 1 amide bonds. The SMILES string of the molecule is CC(C)(C)OC(=O)N(CF)c1ccccc1. The van der Waals surface area contributed by atoms with Crippen molar-refractivity contribution < 1.29 is 13.9 Å². The van der Waals surface area contributed by atoms with Crippen molar-refractivity contribution in [2.75, 3.05) is 11.7 Å². The molecule has 0 aliphatic heterocycles. The number of hydrogen-bond acceptors (Lipinski definition) is 2. The molecule has 16 heavy (non-hydrogen) atoms. The molecule has 3 nitrogen and oxygen atoms in total. The summed E-state index contributed by atoms with van der Waals surface area (Å²) in [6.45, 7) is 4.32. The fourth-order valence-electron chi connectivity index (χ4n) is 1.15. The first-order valence-electron chi connectivity index (χ1n) is 5.05. The van der Waals surface area contributed by atoms with E-state index in [1.54, 1.807) is 51.1 Å². The summed E-state index contributed by atoms with van der Waals surface area (Å²) in [4.78, 5) is 12.6. The molecular weight excluding hydrogens is 209 g/mol. The molecule has 0 aromatic heterocycles. The highest BCUT2D eigenvalue weighted by Crippen LogP contribution is 2.17. The summed E-state index contributed by atoms with van der Waals surface area (Å²) in [5.74, 6) is 0. The molecule has 1 aromatic carbocycles. The average Bonchev–Trinajstić information content (AvgIpc) is 2.17. The van der Waals surface area contributed by atoms with Crippen LogP contribution in [0.4, 0.5) is 14.9 Å². The number of benzene rings is 1. The molecule has 0 aliphatic rings. The van der Waals surface area contributed by atoms with E-state index < -0.39 is 18.5 Å². The maximum absolute atomic E-state index is 12.8. The van der Waals surface area contributed by atoms with Gasteiger partial charge in [-0.2, -0.15) is 0 Å². The zero-order chi connectivity index (χ0) is 12.2. The quantitative estimate of drug-likeness (QED) is 0.722. The zero-order valence-electron chi connectivity index (χ0n) is 9.74. The van der Waals surface area contributed by atoms with Crippen LogP contribution in [0.2, 0.25) is 0 Å². The summed E-state index contributed by atoms with van der Waals surface area (Å²) in [5.41, 5.74) is -0.140. The van der Waals surface area contributed by atoms with Gasteiger partial charge in [-0.1, -0.05) is 18.2 Å². The summed E-state index contributed by atoms with van der Waals surface area (Å²) >= 11 is 0. The summed E-state index contributed by atoms with van der Waals surface area (Å²) in [6.07, 6.45) is -0.679. The second kappa shape index (κ2) is 4.96. The highest BCUT2D eigenvalue weighted by atomic mass is 19.1. The predicted molar refractivity (Wildman–Crippen MR) is 61.1 cm³/mol. The van der Waals surface area contributed by atoms with E-state index in [-0.39, 0.29) is 0 Å². The lowest BCUT2D eigenvalue weighted by Gasteiger charge is -2.25. The first-order chi connectivity index (χ1) is 7.44. The number of carbonyl (C=O) groups excluding carboxylic acids is 1. The van der Waals surface area contributed by atoms with E-state index in [2.05, 4.69) is 0 Å². The fraction of sp³-hybridized carbons (Fsp3) is 0.417. The molecule has 1 aromatic rings. The van der Waals surface area contributed by atoms with Crippen molar-refractivity contribution in [2.24, 2.45) is 0 Å². The zero-order valence-corrected chi connectivity index (χ0v) is 9.74. The van der Waals surface area contributed by atoms with Crippen molar-refractivity contribution in [2.45, 2.75) is 26.4 Å². The van der Waals surface area contributed by atoms with Crippen LogP contribution in [0.15, 0.2) is 30.3 Å². The Labute approximate surface area is 94.8 Å². The maximum Gasteiger partial charge on any atom is 0.416 e. The van der Waals surface area contributed by atoms with Crippen LogP contribution in [0.1, 0.15) is 20.8 Å². The topological polar surface area (TPSA) is 29.5 Å². The van der Waals surface area contributed by atoms with Gasteiger partial charge >= 0.3 is 6.09 Å². The molecule has 0 atom stereocenters. The van der Waals surface area contributed by atoms with Gasteiger partial charge in [0.25, 0.3) is 0 Å². The number of halogens is 1. The Morgan fingerprint density at radius 1 is 1.31 bits per heavy atom.